The lowest BCUT2D eigenvalue weighted by Crippen LogP contribution is -2.36. The highest BCUT2D eigenvalue weighted by Gasteiger charge is 2.46. The monoisotopic (exact) mass is 254 g/mol. The fourth-order valence-electron chi connectivity index (χ4n) is 2.26. The van der Waals surface area contributed by atoms with E-state index in [1.165, 1.54) is 11.3 Å². The minimum absolute atomic E-state index is 0.0132. The van der Waals surface area contributed by atoms with E-state index in [0.29, 0.717) is 5.01 Å². The van der Waals surface area contributed by atoms with Crippen LogP contribution in [0, 0.1) is 5.92 Å². The third-order valence-corrected chi connectivity index (χ3v) is 3.79. The lowest BCUT2D eigenvalue weighted by atomic mass is 10.0. The van der Waals surface area contributed by atoms with E-state index < -0.39 is 17.9 Å². The average Bonchev–Trinajstić information content (AvgIpc) is 2.82. The smallest absolute Gasteiger partial charge is 0.309 e. The van der Waals surface area contributed by atoms with Crippen LogP contribution in [0.3, 0.4) is 0 Å². The second kappa shape index (κ2) is 4.44. The Morgan fingerprint density at radius 2 is 2.35 bits per heavy atom. The van der Waals surface area contributed by atoms with Crippen molar-refractivity contribution in [2.45, 2.75) is 32.4 Å². The second-order valence-corrected chi connectivity index (χ2v) is 5.28. The van der Waals surface area contributed by atoms with E-state index in [1.807, 2.05) is 13.8 Å². The molecule has 0 bridgehead atoms. The summed E-state index contributed by atoms with van der Waals surface area (Å²) in [5, 5.41) is 11.7. The van der Waals surface area contributed by atoms with Gasteiger partial charge >= 0.3 is 5.97 Å². The van der Waals surface area contributed by atoms with Crippen molar-refractivity contribution in [3.8, 4) is 0 Å². The number of hydrogen-bond acceptors (Lipinski definition) is 4. The van der Waals surface area contributed by atoms with E-state index in [-0.39, 0.29) is 18.4 Å². The Balaban J connectivity index is 2.39. The van der Waals surface area contributed by atoms with Crippen LogP contribution in [0.2, 0.25) is 0 Å². The second-order valence-electron chi connectivity index (χ2n) is 4.36. The number of hydrogen-bond donors (Lipinski definition) is 1. The van der Waals surface area contributed by atoms with E-state index in [4.69, 9.17) is 0 Å². The summed E-state index contributed by atoms with van der Waals surface area (Å²) in [4.78, 5) is 28.9. The summed E-state index contributed by atoms with van der Waals surface area (Å²) in [5.74, 6) is -1.72. The van der Waals surface area contributed by atoms with Gasteiger partial charge < -0.3 is 10.0 Å². The molecule has 1 aliphatic rings. The summed E-state index contributed by atoms with van der Waals surface area (Å²) in [6.45, 7) is 3.78. The highest BCUT2D eigenvalue weighted by molar-refractivity contribution is 7.09. The molecular weight excluding hydrogens is 240 g/mol. The molecule has 1 saturated heterocycles. The lowest BCUT2D eigenvalue weighted by Gasteiger charge is -2.28. The van der Waals surface area contributed by atoms with Crippen LogP contribution in [-0.4, -0.2) is 32.9 Å². The van der Waals surface area contributed by atoms with Crippen LogP contribution in [-0.2, 0) is 9.59 Å². The van der Waals surface area contributed by atoms with Crippen molar-refractivity contribution in [3.63, 3.8) is 0 Å². The fraction of sp³-hybridized carbons (Fsp3) is 0.545. The number of rotatable bonds is 3. The summed E-state index contributed by atoms with van der Waals surface area (Å²) in [6.07, 6.45) is 1.71. The van der Waals surface area contributed by atoms with Gasteiger partial charge in [0.2, 0.25) is 5.91 Å². The van der Waals surface area contributed by atoms with Crippen molar-refractivity contribution in [2.24, 2.45) is 5.92 Å². The summed E-state index contributed by atoms with van der Waals surface area (Å²) in [6, 6.07) is -0.430. The number of aliphatic carboxylic acids is 1. The number of aromatic nitrogens is 1. The molecule has 0 spiro atoms. The van der Waals surface area contributed by atoms with Gasteiger partial charge in [0.25, 0.3) is 0 Å². The number of carbonyl (C=O) groups excluding carboxylic acids is 1. The SMILES string of the molecule is CC(C)N1C(=O)CC(C(=O)O)C1c1nccs1. The Morgan fingerprint density at radius 1 is 1.65 bits per heavy atom. The van der Waals surface area contributed by atoms with Gasteiger partial charge in [-0.05, 0) is 13.8 Å². The van der Waals surface area contributed by atoms with E-state index in [2.05, 4.69) is 4.98 Å². The van der Waals surface area contributed by atoms with Gasteiger partial charge in [0.05, 0.1) is 12.0 Å². The van der Waals surface area contributed by atoms with Crippen molar-refractivity contribution in [1.82, 2.24) is 9.88 Å². The predicted molar refractivity (Wildman–Crippen MR) is 62.6 cm³/mol. The predicted octanol–water partition coefficient (Wildman–Crippen LogP) is 1.53. The number of nitrogens with zero attached hydrogens (tertiary/aromatic N) is 2. The zero-order valence-corrected chi connectivity index (χ0v) is 10.5. The molecule has 17 heavy (non-hydrogen) atoms. The standard InChI is InChI=1S/C11H14N2O3S/c1-6(2)13-8(14)5-7(11(15)16)9(13)10-12-3-4-17-10/h3-4,6-7,9H,5H2,1-2H3,(H,15,16). The van der Waals surface area contributed by atoms with E-state index in [0.717, 1.165) is 0 Å². The highest BCUT2D eigenvalue weighted by Crippen LogP contribution is 2.40. The first-order chi connectivity index (χ1) is 8.02. The number of likely N-dealkylation sites (tertiary alicyclic amines) is 1. The molecule has 6 heteroatoms. The summed E-state index contributed by atoms with van der Waals surface area (Å²) in [5.41, 5.74) is 0. The average molecular weight is 254 g/mol. The maximum absolute atomic E-state index is 11.9. The molecule has 2 rings (SSSR count). The molecule has 1 aromatic heterocycles. The zero-order valence-electron chi connectivity index (χ0n) is 9.66. The summed E-state index contributed by atoms with van der Waals surface area (Å²) in [7, 11) is 0. The highest BCUT2D eigenvalue weighted by atomic mass is 32.1. The molecule has 1 aromatic rings. The van der Waals surface area contributed by atoms with Crippen molar-refractivity contribution < 1.29 is 14.7 Å². The van der Waals surface area contributed by atoms with Gasteiger partial charge in [-0.15, -0.1) is 11.3 Å². The zero-order chi connectivity index (χ0) is 12.6. The van der Waals surface area contributed by atoms with Gasteiger partial charge in [-0.1, -0.05) is 0 Å². The normalized spacial score (nSPS) is 24.6. The number of amides is 1. The van der Waals surface area contributed by atoms with Crippen molar-refractivity contribution in [3.05, 3.63) is 16.6 Å². The molecule has 1 amide bonds. The summed E-state index contributed by atoms with van der Waals surface area (Å²) >= 11 is 1.40. The molecule has 92 valence electrons. The molecular formula is C11H14N2O3S. The Kier molecular flexibility index (Phi) is 3.15. The number of thiazole rings is 1. The van der Waals surface area contributed by atoms with Gasteiger partial charge in [-0.25, -0.2) is 4.98 Å². The van der Waals surface area contributed by atoms with Crippen LogP contribution >= 0.6 is 11.3 Å². The largest absolute Gasteiger partial charge is 0.481 e. The first-order valence-electron chi connectivity index (χ1n) is 5.45. The Morgan fingerprint density at radius 3 is 2.82 bits per heavy atom. The number of carbonyl (C=O) groups is 2. The maximum atomic E-state index is 11.9. The van der Waals surface area contributed by atoms with Gasteiger partial charge in [0.1, 0.15) is 5.01 Å². The molecule has 1 aliphatic heterocycles. The lowest BCUT2D eigenvalue weighted by molar-refractivity contribution is -0.142. The molecule has 0 aliphatic carbocycles. The van der Waals surface area contributed by atoms with Crippen LogP contribution in [0.4, 0.5) is 0 Å². The quantitative estimate of drug-likeness (QED) is 0.888. The molecule has 5 nitrogen and oxygen atoms in total. The third-order valence-electron chi connectivity index (χ3n) is 2.94. The van der Waals surface area contributed by atoms with Crippen molar-refractivity contribution >= 4 is 23.2 Å². The van der Waals surface area contributed by atoms with Crippen LogP contribution < -0.4 is 0 Å². The Labute approximate surface area is 103 Å². The van der Waals surface area contributed by atoms with Gasteiger partial charge in [0.15, 0.2) is 0 Å². The molecule has 2 atom stereocenters. The molecule has 0 aromatic carbocycles. The van der Waals surface area contributed by atoms with Crippen LogP contribution in [0.1, 0.15) is 31.3 Å². The van der Waals surface area contributed by atoms with Crippen molar-refractivity contribution in [2.75, 3.05) is 0 Å². The van der Waals surface area contributed by atoms with Gasteiger partial charge in [-0.3, -0.25) is 9.59 Å². The van der Waals surface area contributed by atoms with E-state index in [1.54, 1.807) is 16.5 Å². The summed E-state index contributed by atoms with van der Waals surface area (Å²) < 4.78 is 0. The Bertz CT molecular complexity index is 430. The first kappa shape index (κ1) is 12.0. The fourth-order valence-corrected chi connectivity index (χ4v) is 3.06. The topological polar surface area (TPSA) is 70.5 Å². The maximum Gasteiger partial charge on any atom is 0.309 e. The molecule has 2 heterocycles. The van der Waals surface area contributed by atoms with Crippen LogP contribution in [0.15, 0.2) is 11.6 Å². The Hall–Kier alpha value is -1.43. The molecule has 0 radical (unpaired) electrons. The number of carboxylic acid groups (broad SMARTS) is 1. The van der Waals surface area contributed by atoms with Crippen molar-refractivity contribution in [1.29, 1.82) is 0 Å². The van der Waals surface area contributed by atoms with Gasteiger partial charge in [-0.2, -0.15) is 0 Å². The third kappa shape index (κ3) is 2.04. The molecule has 0 saturated carbocycles. The molecule has 2 unspecified atom stereocenters. The molecule has 1 N–H and O–H groups in total. The van der Waals surface area contributed by atoms with Gasteiger partial charge in [0, 0.05) is 24.0 Å². The number of carboxylic acids is 1. The molecule has 1 fully saturated rings. The van der Waals surface area contributed by atoms with Crippen LogP contribution in [0.25, 0.3) is 0 Å². The van der Waals surface area contributed by atoms with E-state index in [9.17, 15) is 14.7 Å². The van der Waals surface area contributed by atoms with E-state index >= 15 is 0 Å². The minimum Gasteiger partial charge on any atom is -0.481 e. The first-order valence-corrected chi connectivity index (χ1v) is 6.33. The van der Waals surface area contributed by atoms with Crippen LogP contribution in [0.5, 0.6) is 0 Å². The minimum atomic E-state index is -0.929.